The van der Waals surface area contributed by atoms with Gasteiger partial charge in [-0.2, -0.15) is 0 Å². The number of amides is 1. The van der Waals surface area contributed by atoms with Gasteiger partial charge in [0.25, 0.3) is 0 Å². The van der Waals surface area contributed by atoms with Gasteiger partial charge in [0.15, 0.2) is 0 Å². The van der Waals surface area contributed by atoms with E-state index in [4.69, 9.17) is 10.1 Å². The molecule has 0 bridgehead atoms. The Morgan fingerprint density at radius 3 is 2.65 bits per heavy atom. The van der Waals surface area contributed by atoms with Gasteiger partial charge in [-0.15, -0.1) is 0 Å². The first-order valence-corrected chi connectivity index (χ1v) is 12.7. The number of pyridine rings is 1. The van der Waals surface area contributed by atoms with E-state index >= 15 is 0 Å². The molecule has 1 atom stereocenters. The van der Waals surface area contributed by atoms with E-state index in [1.54, 1.807) is 0 Å². The SMILES string of the molecule is CC1(C)CCC(C)(C)c2cc(-c3cccc(N4CC[C]CC4C(=O)NCCCCO)n3)ccc21. The fourth-order valence-electron chi connectivity index (χ4n) is 5.27. The topological polar surface area (TPSA) is 65.5 Å². The number of hydrogen-bond donors (Lipinski definition) is 2. The lowest BCUT2D eigenvalue weighted by Gasteiger charge is -2.42. The molecule has 5 nitrogen and oxygen atoms in total. The van der Waals surface area contributed by atoms with Crippen molar-refractivity contribution < 1.29 is 9.90 Å². The van der Waals surface area contributed by atoms with E-state index in [1.165, 1.54) is 24.0 Å². The van der Waals surface area contributed by atoms with Crippen LogP contribution >= 0.6 is 0 Å². The largest absolute Gasteiger partial charge is 0.396 e. The molecule has 1 aromatic heterocycles. The van der Waals surface area contributed by atoms with E-state index in [2.05, 4.69) is 68.6 Å². The fraction of sp³-hybridized carbons (Fsp3) is 0.552. The number of nitrogens with zero attached hydrogens (tertiary/aromatic N) is 2. The lowest BCUT2D eigenvalue weighted by Crippen LogP contribution is -2.50. The number of aliphatic hydroxyl groups excluding tert-OH is 1. The van der Waals surface area contributed by atoms with Gasteiger partial charge in [0.05, 0.1) is 5.69 Å². The van der Waals surface area contributed by atoms with Gasteiger partial charge in [0.2, 0.25) is 5.91 Å². The first-order valence-electron chi connectivity index (χ1n) is 12.7. The Labute approximate surface area is 205 Å². The number of carbonyl (C=O) groups is 1. The minimum atomic E-state index is -0.297. The van der Waals surface area contributed by atoms with Crippen LogP contribution in [0.3, 0.4) is 0 Å². The number of rotatable bonds is 7. The summed E-state index contributed by atoms with van der Waals surface area (Å²) in [5, 5.41) is 12.0. The Morgan fingerprint density at radius 1 is 1.12 bits per heavy atom. The second-order valence-corrected chi connectivity index (χ2v) is 11.0. The molecule has 0 spiro atoms. The zero-order valence-electron chi connectivity index (χ0n) is 21.2. The van der Waals surface area contributed by atoms with Crippen LogP contribution in [0.2, 0.25) is 0 Å². The molecular weight excluding hydrogens is 422 g/mol. The van der Waals surface area contributed by atoms with Gasteiger partial charge in [-0.25, -0.2) is 4.98 Å². The van der Waals surface area contributed by atoms with Crippen LogP contribution in [-0.2, 0) is 15.6 Å². The Bertz CT molecular complexity index is 1010. The normalized spacial score (nSPS) is 21.1. The van der Waals surface area contributed by atoms with Crippen LogP contribution in [0.5, 0.6) is 0 Å². The molecule has 2 N–H and O–H groups in total. The maximum absolute atomic E-state index is 12.9. The van der Waals surface area contributed by atoms with Gasteiger partial charge in [0, 0.05) is 25.3 Å². The zero-order valence-corrected chi connectivity index (χ0v) is 21.2. The molecule has 1 amide bonds. The molecule has 1 aromatic carbocycles. The monoisotopic (exact) mass is 461 g/mol. The van der Waals surface area contributed by atoms with Gasteiger partial charge < -0.3 is 15.3 Å². The molecule has 2 radical (unpaired) electrons. The quantitative estimate of drug-likeness (QED) is 0.567. The molecule has 1 saturated heterocycles. The van der Waals surface area contributed by atoms with Crippen molar-refractivity contribution in [2.75, 3.05) is 24.6 Å². The number of aromatic nitrogens is 1. The van der Waals surface area contributed by atoms with E-state index in [9.17, 15) is 4.79 Å². The summed E-state index contributed by atoms with van der Waals surface area (Å²) in [6, 6.07) is 12.7. The molecule has 2 heterocycles. The van der Waals surface area contributed by atoms with Crippen molar-refractivity contribution in [1.29, 1.82) is 0 Å². The van der Waals surface area contributed by atoms with Crippen LogP contribution < -0.4 is 10.2 Å². The molecule has 182 valence electrons. The van der Waals surface area contributed by atoms with Gasteiger partial charge in [0.1, 0.15) is 11.9 Å². The minimum Gasteiger partial charge on any atom is -0.396 e. The highest BCUT2D eigenvalue weighted by molar-refractivity contribution is 5.85. The molecule has 34 heavy (non-hydrogen) atoms. The first-order chi connectivity index (χ1) is 16.2. The highest BCUT2D eigenvalue weighted by Gasteiger charge is 2.37. The Balaban J connectivity index is 1.60. The third kappa shape index (κ3) is 5.14. The molecule has 4 rings (SSSR count). The molecule has 5 heteroatoms. The Kier molecular flexibility index (Phi) is 7.32. The summed E-state index contributed by atoms with van der Waals surface area (Å²) in [5.41, 5.74) is 5.29. The number of nitrogens with one attached hydrogen (secondary N) is 1. The smallest absolute Gasteiger partial charge is 0.242 e. The number of piperidine rings is 1. The highest BCUT2D eigenvalue weighted by Crippen LogP contribution is 2.46. The van der Waals surface area contributed by atoms with Crippen LogP contribution in [0.1, 0.15) is 77.3 Å². The first kappa shape index (κ1) is 24.7. The molecule has 0 saturated carbocycles. The predicted molar refractivity (Wildman–Crippen MR) is 138 cm³/mol. The average Bonchev–Trinajstić information content (AvgIpc) is 2.84. The number of anilines is 1. The average molecular weight is 462 g/mol. The van der Waals surface area contributed by atoms with E-state index < -0.39 is 0 Å². The number of hydrogen-bond acceptors (Lipinski definition) is 4. The van der Waals surface area contributed by atoms with Crippen LogP contribution in [-0.4, -0.2) is 41.7 Å². The van der Waals surface area contributed by atoms with E-state index in [0.717, 1.165) is 36.5 Å². The van der Waals surface area contributed by atoms with Gasteiger partial charge in [-0.3, -0.25) is 4.79 Å². The Morgan fingerprint density at radius 2 is 1.88 bits per heavy atom. The van der Waals surface area contributed by atoms with Crippen molar-refractivity contribution >= 4 is 11.7 Å². The van der Waals surface area contributed by atoms with Crippen molar-refractivity contribution in [1.82, 2.24) is 10.3 Å². The van der Waals surface area contributed by atoms with Crippen molar-refractivity contribution in [2.45, 2.75) is 83.1 Å². The number of unbranched alkanes of at least 4 members (excludes halogenated alkanes) is 1. The van der Waals surface area contributed by atoms with Crippen molar-refractivity contribution in [3.63, 3.8) is 0 Å². The minimum absolute atomic E-state index is 0.00936. The third-order valence-corrected chi connectivity index (χ3v) is 7.61. The second kappa shape index (κ2) is 10.1. The summed E-state index contributed by atoms with van der Waals surface area (Å²) in [5.74, 6) is 0.849. The second-order valence-electron chi connectivity index (χ2n) is 11.0. The summed E-state index contributed by atoms with van der Waals surface area (Å²) in [7, 11) is 0. The van der Waals surface area contributed by atoms with E-state index in [1.807, 2.05) is 12.1 Å². The molecule has 1 aliphatic heterocycles. The summed E-state index contributed by atoms with van der Waals surface area (Å²) in [6.45, 7) is 10.9. The van der Waals surface area contributed by atoms with E-state index in [-0.39, 0.29) is 29.4 Å². The van der Waals surface area contributed by atoms with Crippen LogP contribution in [0.4, 0.5) is 5.82 Å². The van der Waals surface area contributed by atoms with Gasteiger partial charge in [-0.1, -0.05) is 45.9 Å². The molecule has 2 aliphatic rings. The zero-order chi connectivity index (χ0) is 24.3. The number of carbonyl (C=O) groups excluding carboxylic acids is 1. The standard InChI is InChI=1S/C29H39N3O2/c1-28(2)15-16-29(3,4)23-20-21(13-14-22(23)28)24-10-9-12-26(31-24)32-18-7-5-11-25(32)27(34)30-17-6-8-19-33/h9-10,12-14,20,25,33H,6-8,11,15-19H2,1-4H3,(H,30,34). The number of aliphatic hydroxyl groups is 1. The van der Waals surface area contributed by atoms with Crippen LogP contribution in [0.25, 0.3) is 11.3 Å². The summed E-state index contributed by atoms with van der Waals surface area (Å²) in [6.07, 6.45) is 8.62. The lowest BCUT2D eigenvalue weighted by molar-refractivity contribution is -0.122. The summed E-state index contributed by atoms with van der Waals surface area (Å²) in [4.78, 5) is 20.1. The van der Waals surface area contributed by atoms with Crippen molar-refractivity contribution in [3.8, 4) is 11.3 Å². The number of fused-ring (bicyclic) bond motifs is 1. The Hall–Kier alpha value is -2.40. The summed E-state index contributed by atoms with van der Waals surface area (Å²) < 4.78 is 0. The maximum Gasteiger partial charge on any atom is 0.242 e. The van der Waals surface area contributed by atoms with Crippen LogP contribution in [0, 0.1) is 6.42 Å². The fourth-order valence-corrected chi connectivity index (χ4v) is 5.27. The third-order valence-electron chi connectivity index (χ3n) is 7.61. The highest BCUT2D eigenvalue weighted by atomic mass is 16.3. The lowest BCUT2D eigenvalue weighted by atomic mass is 9.63. The predicted octanol–water partition coefficient (Wildman–Crippen LogP) is 5.04. The molecule has 1 unspecified atom stereocenters. The van der Waals surface area contributed by atoms with Crippen LogP contribution in [0.15, 0.2) is 36.4 Å². The molecular formula is C29H39N3O2. The maximum atomic E-state index is 12.9. The molecule has 1 fully saturated rings. The van der Waals surface area contributed by atoms with Crippen molar-refractivity contribution in [3.05, 3.63) is 53.9 Å². The molecule has 2 aromatic rings. The van der Waals surface area contributed by atoms with Crippen molar-refractivity contribution in [2.24, 2.45) is 0 Å². The van der Waals surface area contributed by atoms with Gasteiger partial charge >= 0.3 is 0 Å². The molecule has 1 aliphatic carbocycles. The summed E-state index contributed by atoms with van der Waals surface area (Å²) >= 11 is 0. The van der Waals surface area contributed by atoms with E-state index in [0.29, 0.717) is 19.4 Å². The number of benzene rings is 1. The van der Waals surface area contributed by atoms with Gasteiger partial charge in [-0.05, 0) is 85.1 Å².